The summed E-state index contributed by atoms with van der Waals surface area (Å²) in [6, 6.07) is 9.56. The standard InChI is InChI=1S/C20H25N5O2/c26-19-18-13-24(8-4-7-15-5-2-1-3-6-15)9-10-25(18)20(27)17(23-19)11-16-12-21-14-22-16/h1-3,5-6,12,14,17-18H,4,7-11,13H2,(H,21,22)(H,23,26)/t17-,18+/m0/s1. The number of aromatic amines is 1. The summed E-state index contributed by atoms with van der Waals surface area (Å²) < 4.78 is 0. The number of carbonyl (C=O) groups excluding carboxylic acids is 2. The highest BCUT2D eigenvalue weighted by Gasteiger charge is 2.43. The van der Waals surface area contributed by atoms with Crippen LogP contribution < -0.4 is 5.32 Å². The smallest absolute Gasteiger partial charge is 0.246 e. The van der Waals surface area contributed by atoms with E-state index in [2.05, 4.69) is 44.5 Å². The van der Waals surface area contributed by atoms with Gasteiger partial charge in [-0.2, -0.15) is 0 Å². The lowest BCUT2D eigenvalue weighted by atomic mass is 10.0. The van der Waals surface area contributed by atoms with Crippen LogP contribution in [0.3, 0.4) is 0 Å². The van der Waals surface area contributed by atoms with Gasteiger partial charge in [-0.15, -0.1) is 0 Å². The lowest BCUT2D eigenvalue weighted by Gasteiger charge is -2.45. The summed E-state index contributed by atoms with van der Waals surface area (Å²) in [7, 11) is 0. The van der Waals surface area contributed by atoms with Gasteiger partial charge in [-0.3, -0.25) is 14.5 Å². The molecule has 2 fully saturated rings. The molecule has 2 N–H and O–H groups in total. The summed E-state index contributed by atoms with van der Waals surface area (Å²) in [5, 5.41) is 2.90. The van der Waals surface area contributed by atoms with Gasteiger partial charge in [-0.1, -0.05) is 30.3 Å². The van der Waals surface area contributed by atoms with Gasteiger partial charge in [0.2, 0.25) is 11.8 Å². The lowest BCUT2D eigenvalue weighted by molar-refractivity contribution is -0.152. The number of hydrogen-bond acceptors (Lipinski definition) is 4. The Bertz CT molecular complexity index is 777. The fourth-order valence-corrected chi connectivity index (χ4v) is 3.97. The van der Waals surface area contributed by atoms with Crippen LogP contribution in [0.2, 0.25) is 0 Å². The van der Waals surface area contributed by atoms with Gasteiger partial charge < -0.3 is 15.2 Å². The van der Waals surface area contributed by atoms with E-state index >= 15 is 0 Å². The molecule has 0 aliphatic carbocycles. The van der Waals surface area contributed by atoms with Crippen molar-refractivity contribution in [2.45, 2.75) is 31.3 Å². The molecular weight excluding hydrogens is 342 g/mol. The van der Waals surface area contributed by atoms with Crippen LogP contribution in [0.25, 0.3) is 0 Å². The van der Waals surface area contributed by atoms with Crippen LogP contribution in [0, 0.1) is 0 Å². The van der Waals surface area contributed by atoms with Crippen molar-refractivity contribution in [2.75, 3.05) is 26.2 Å². The number of aromatic nitrogens is 2. The number of amides is 2. The highest BCUT2D eigenvalue weighted by molar-refractivity contribution is 5.97. The van der Waals surface area contributed by atoms with Crippen molar-refractivity contribution in [2.24, 2.45) is 0 Å². The minimum Gasteiger partial charge on any atom is -0.348 e. The summed E-state index contributed by atoms with van der Waals surface area (Å²) in [5.74, 6) is -0.0370. The van der Waals surface area contributed by atoms with Crippen molar-refractivity contribution in [3.8, 4) is 0 Å². The molecule has 0 spiro atoms. The molecule has 1 aromatic heterocycles. The molecule has 2 atom stereocenters. The predicted octanol–water partition coefficient (Wildman–Crippen LogP) is 0.596. The number of piperazine rings is 2. The number of carbonyl (C=O) groups is 2. The van der Waals surface area contributed by atoms with E-state index in [-0.39, 0.29) is 17.9 Å². The summed E-state index contributed by atoms with van der Waals surface area (Å²) in [4.78, 5) is 36.4. The number of aryl methyl sites for hydroxylation is 1. The van der Waals surface area contributed by atoms with Crippen molar-refractivity contribution >= 4 is 11.8 Å². The highest BCUT2D eigenvalue weighted by Crippen LogP contribution is 2.18. The molecule has 27 heavy (non-hydrogen) atoms. The molecule has 2 aliphatic heterocycles. The maximum atomic E-state index is 12.8. The van der Waals surface area contributed by atoms with E-state index in [9.17, 15) is 9.59 Å². The van der Waals surface area contributed by atoms with E-state index in [0.717, 1.165) is 31.6 Å². The monoisotopic (exact) mass is 367 g/mol. The van der Waals surface area contributed by atoms with Gasteiger partial charge in [-0.25, -0.2) is 4.98 Å². The normalized spacial score (nSPS) is 23.2. The minimum atomic E-state index is -0.501. The van der Waals surface area contributed by atoms with Gasteiger partial charge in [0.05, 0.1) is 6.33 Å². The average Bonchev–Trinajstić information content (AvgIpc) is 3.20. The summed E-state index contributed by atoms with van der Waals surface area (Å²) >= 11 is 0. The Morgan fingerprint density at radius 3 is 2.78 bits per heavy atom. The zero-order valence-corrected chi connectivity index (χ0v) is 15.3. The largest absolute Gasteiger partial charge is 0.348 e. The summed E-state index contributed by atoms with van der Waals surface area (Å²) in [6.45, 7) is 2.99. The third-order valence-electron chi connectivity index (χ3n) is 5.43. The molecule has 142 valence electrons. The zero-order chi connectivity index (χ0) is 18.6. The van der Waals surface area contributed by atoms with E-state index < -0.39 is 6.04 Å². The summed E-state index contributed by atoms with van der Waals surface area (Å²) in [6.07, 6.45) is 5.81. The summed E-state index contributed by atoms with van der Waals surface area (Å²) in [5.41, 5.74) is 2.19. The molecule has 7 heteroatoms. The number of fused-ring (bicyclic) bond motifs is 1. The number of nitrogens with one attached hydrogen (secondary N) is 2. The van der Waals surface area contributed by atoms with Crippen molar-refractivity contribution in [3.05, 3.63) is 54.1 Å². The Kier molecular flexibility index (Phi) is 5.20. The first kappa shape index (κ1) is 17.7. The number of rotatable bonds is 6. The van der Waals surface area contributed by atoms with Crippen LogP contribution >= 0.6 is 0 Å². The fourth-order valence-electron chi connectivity index (χ4n) is 3.97. The van der Waals surface area contributed by atoms with Crippen LogP contribution in [0.4, 0.5) is 0 Å². The van der Waals surface area contributed by atoms with E-state index in [4.69, 9.17) is 0 Å². The van der Waals surface area contributed by atoms with Gasteiger partial charge in [0, 0.05) is 37.9 Å². The van der Waals surface area contributed by atoms with Crippen molar-refractivity contribution < 1.29 is 9.59 Å². The van der Waals surface area contributed by atoms with Gasteiger partial charge >= 0.3 is 0 Å². The highest BCUT2D eigenvalue weighted by atomic mass is 16.2. The molecule has 3 heterocycles. The zero-order valence-electron chi connectivity index (χ0n) is 15.3. The van der Waals surface area contributed by atoms with Crippen molar-refractivity contribution in [1.82, 2.24) is 25.1 Å². The second-order valence-electron chi connectivity index (χ2n) is 7.28. The molecule has 2 aliphatic rings. The second-order valence-corrected chi connectivity index (χ2v) is 7.28. The molecule has 2 saturated heterocycles. The molecule has 4 rings (SSSR count). The van der Waals surface area contributed by atoms with Gasteiger partial charge in [0.15, 0.2) is 0 Å². The SMILES string of the molecule is O=C1N[C@@H](Cc2cnc[nH]2)C(=O)N2CCN(CCCc3ccccc3)C[C@H]12. The average molecular weight is 367 g/mol. The van der Waals surface area contributed by atoms with Crippen molar-refractivity contribution in [1.29, 1.82) is 0 Å². The molecule has 2 aromatic rings. The van der Waals surface area contributed by atoms with Crippen LogP contribution in [0.1, 0.15) is 17.7 Å². The number of hydrogen-bond donors (Lipinski definition) is 2. The third kappa shape index (κ3) is 4.03. The molecular formula is C20H25N5O2. The molecule has 2 amide bonds. The van der Waals surface area contributed by atoms with Gasteiger partial charge in [-0.05, 0) is 24.9 Å². The first-order valence-corrected chi connectivity index (χ1v) is 9.55. The number of benzene rings is 1. The Balaban J connectivity index is 1.31. The van der Waals surface area contributed by atoms with Crippen LogP contribution in [-0.4, -0.2) is 69.8 Å². The second kappa shape index (κ2) is 7.92. The number of H-pyrrole nitrogens is 1. The predicted molar refractivity (Wildman–Crippen MR) is 101 cm³/mol. The van der Waals surface area contributed by atoms with Crippen LogP contribution in [0.15, 0.2) is 42.9 Å². The number of imidazole rings is 1. The topological polar surface area (TPSA) is 81.3 Å². The maximum Gasteiger partial charge on any atom is 0.246 e. The molecule has 0 bridgehead atoms. The Morgan fingerprint density at radius 1 is 1.15 bits per heavy atom. The molecule has 0 radical (unpaired) electrons. The Morgan fingerprint density at radius 2 is 2.00 bits per heavy atom. The van der Waals surface area contributed by atoms with E-state index in [1.54, 1.807) is 17.4 Å². The van der Waals surface area contributed by atoms with Crippen molar-refractivity contribution in [3.63, 3.8) is 0 Å². The minimum absolute atomic E-state index is 0.0122. The Hall–Kier alpha value is -2.67. The first-order chi connectivity index (χ1) is 13.2. The first-order valence-electron chi connectivity index (χ1n) is 9.55. The third-order valence-corrected chi connectivity index (χ3v) is 5.43. The fraction of sp³-hybridized carbons (Fsp3) is 0.450. The van der Waals surface area contributed by atoms with Gasteiger partial charge in [0.25, 0.3) is 0 Å². The van der Waals surface area contributed by atoms with E-state index in [1.807, 2.05) is 6.07 Å². The van der Waals surface area contributed by atoms with E-state index in [1.165, 1.54) is 5.56 Å². The van der Waals surface area contributed by atoms with Gasteiger partial charge in [0.1, 0.15) is 12.1 Å². The molecule has 7 nitrogen and oxygen atoms in total. The quantitative estimate of drug-likeness (QED) is 0.783. The molecule has 1 aromatic carbocycles. The lowest BCUT2D eigenvalue weighted by Crippen LogP contribution is -2.69. The van der Waals surface area contributed by atoms with E-state index in [0.29, 0.717) is 19.5 Å². The Labute approximate surface area is 158 Å². The van der Waals surface area contributed by atoms with Crippen LogP contribution in [0.5, 0.6) is 0 Å². The molecule has 0 unspecified atom stereocenters. The van der Waals surface area contributed by atoms with Crippen LogP contribution in [-0.2, 0) is 22.4 Å². The number of nitrogens with zero attached hydrogens (tertiary/aromatic N) is 3. The maximum absolute atomic E-state index is 12.8. The molecule has 0 saturated carbocycles.